The van der Waals surface area contributed by atoms with E-state index in [0.29, 0.717) is 6.54 Å². The standard InChI is InChI=1S/C14H20F2N2O2/c1-17-2-4-18(5-3-17)6-7-20-14-12(15)8-11(10-19)9-13(14)16/h8-9,19H,2-7,10H2,1H3. The maximum Gasteiger partial charge on any atom is 0.190 e. The average molecular weight is 286 g/mol. The summed E-state index contributed by atoms with van der Waals surface area (Å²) in [5.41, 5.74) is 0.200. The molecule has 6 heteroatoms. The fourth-order valence-corrected chi connectivity index (χ4v) is 2.19. The van der Waals surface area contributed by atoms with Crippen LogP contribution in [-0.2, 0) is 6.61 Å². The molecule has 1 aliphatic heterocycles. The molecule has 0 saturated carbocycles. The Hall–Kier alpha value is -1.24. The quantitative estimate of drug-likeness (QED) is 0.879. The lowest BCUT2D eigenvalue weighted by Gasteiger charge is -2.32. The van der Waals surface area contributed by atoms with Crippen LogP contribution in [0.2, 0.25) is 0 Å². The summed E-state index contributed by atoms with van der Waals surface area (Å²) in [4.78, 5) is 4.45. The summed E-state index contributed by atoms with van der Waals surface area (Å²) in [7, 11) is 2.07. The minimum Gasteiger partial charge on any atom is -0.486 e. The summed E-state index contributed by atoms with van der Waals surface area (Å²) in [6, 6.07) is 2.18. The van der Waals surface area contributed by atoms with Crippen molar-refractivity contribution in [3.05, 3.63) is 29.3 Å². The lowest BCUT2D eigenvalue weighted by Crippen LogP contribution is -2.45. The fourth-order valence-electron chi connectivity index (χ4n) is 2.19. The van der Waals surface area contributed by atoms with Crippen LogP contribution >= 0.6 is 0 Å². The Morgan fingerprint density at radius 2 is 1.75 bits per heavy atom. The van der Waals surface area contributed by atoms with Crippen molar-refractivity contribution in [2.75, 3.05) is 46.4 Å². The van der Waals surface area contributed by atoms with Crippen LogP contribution in [0.4, 0.5) is 8.78 Å². The summed E-state index contributed by atoms with van der Waals surface area (Å²) in [5.74, 6) is -1.91. The molecule has 1 fully saturated rings. The van der Waals surface area contributed by atoms with Gasteiger partial charge in [0.05, 0.1) is 6.61 Å². The number of likely N-dealkylation sites (N-methyl/N-ethyl adjacent to an activating group) is 1. The maximum absolute atomic E-state index is 13.6. The Labute approximate surface area is 117 Å². The second-order valence-electron chi connectivity index (χ2n) is 5.04. The molecule has 0 aliphatic carbocycles. The van der Waals surface area contributed by atoms with E-state index in [0.717, 1.165) is 38.3 Å². The summed E-state index contributed by atoms with van der Waals surface area (Å²) in [5, 5.41) is 8.86. The molecule has 0 atom stereocenters. The summed E-state index contributed by atoms with van der Waals surface area (Å²) < 4.78 is 32.4. The molecule has 112 valence electrons. The lowest BCUT2D eigenvalue weighted by atomic mass is 10.2. The molecule has 1 saturated heterocycles. The maximum atomic E-state index is 13.6. The topological polar surface area (TPSA) is 35.9 Å². The molecule has 1 N–H and O–H groups in total. The van der Waals surface area contributed by atoms with E-state index in [-0.39, 0.29) is 17.9 Å². The highest BCUT2D eigenvalue weighted by Crippen LogP contribution is 2.23. The molecule has 0 aromatic heterocycles. The van der Waals surface area contributed by atoms with Crippen molar-refractivity contribution >= 4 is 0 Å². The van der Waals surface area contributed by atoms with Gasteiger partial charge < -0.3 is 14.7 Å². The van der Waals surface area contributed by atoms with Crippen LogP contribution in [-0.4, -0.2) is 61.3 Å². The van der Waals surface area contributed by atoms with Gasteiger partial charge in [-0.2, -0.15) is 0 Å². The van der Waals surface area contributed by atoms with Gasteiger partial charge in [-0.1, -0.05) is 0 Å². The first-order valence-electron chi connectivity index (χ1n) is 6.72. The first-order valence-corrected chi connectivity index (χ1v) is 6.72. The highest BCUT2D eigenvalue weighted by Gasteiger charge is 2.15. The van der Waals surface area contributed by atoms with E-state index in [9.17, 15) is 8.78 Å². The van der Waals surface area contributed by atoms with Gasteiger partial charge >= 0.3 is 0 Å². The molecular weight excluding hydrogens is 266 g/mol. The number of hydrogen-bond acceptors (Lipinski definition) is 4. The van der Waals surface area contributed by atoms with Gasteiger partial charge in [-0.25, -0.2) is 8.78 Å². The number of aliphatic hydroxyl groups is 1. The number of benzene rings is 1. The molecule has 20 heavy (non-hydrogen) atoms. The monoisotopic (exact) mass is 286 g/mol. The third-order valence-electron chi connectivity index (χ3n) is 3.49. The van der Waals surface area contributed by atoms with E-state index in [1.807, 2.05) is 0 Å². The minimum absolute atomic E-state index is 0.200. The third-order valence-corrected chi connectivity index (χ3v) is 3.49. The van der Waals surface area contributed by atoms with E-state index in [1.165, 1.54) is 0 Å². The smallest absolute Gasteiger partial charge is 0.190 e. The van der Waals surface area contributed by atoms with Crippen LogP contribution in [0.3, 0.4) is 0 Å². The van der Waals surface area contributed by atoms with Gasteiger partial charge in [-0.05, 0) is 24.7 Å². The van der Waals surface area contributed by atoms with E-state index in [4.69, 9.17) is 9.84 Å². The van der Waals surface area contributed by atoms with Gasteiger partial charge in [0.1, 0.15) is 6.61 Å². The molecule has 0 radical (unpaired) electrons. The first kappa shape index (κ1) is 15.2. The summed E-state index contributed by atoms with van der Waals surface area (Å²) in [6.45, 7) is 4.37. The second kappa shape index (κ2) is 6.97. The number of nitrogens with zero attached hydrogens (tertiary/aromatic N) is 2. The molecule has 0 bridgehead atoms. The van der Waals surface area contributed by atoms with Crippen LogP contribution in [0.25, 0.3) is 0 Å². The highest BCUT2D eigenvalue weighted by atomic mass is 19.1. The van der Waals surface area contributed by atoms with Crippen LogP contribution in [0.1, 0.15) is 5.56 Å². The Balaban J connectivity index is 1.85. The minimum atomic E-state index is -0.771. The SMILES string of the molecule is CN1CCN(CCOc2c(F)cc(CO)cc2F)CC1. The number of halogens is 2. The Kier molecular flexibility index (Phi) is 5.28. The van der Waals surface area contributed by atoms with Gasteiger partial charge in [0, 0.05) is 32.7 Å². The molecule has 1 aliphatic rings. The zero-order valence-electron chi connectivity index (χ0n) is 11.6. The van der Waals surface area contributed by atoms with E-state index in [2.05, 4.69) is 16.8 Å². The Morgan fingerprint density at radius 1 is 1.15 bits per heavy atom. The second-order valence-corrected chi connectivity index (χ2v) is 5.04. The van der Waals surface area contributed by atoms with Gasteiger partial charge in [0.2, 0.25) is 0 Å². The molecule has 0 unspecified atom stereocenters. The predicted molar refractivity (Wildman–Crippen MR) is 71.7 cm³/mol. The lowest BCUT2D eigenvalue weighted by molar-refractivity contribution is 0.131. The molecule has 0 spiro atoms. The number of hydrogen-bond donors (Lipinski definition) is 1. The number of aliphatic hydroxyl groups excluding tert-OH is 1. The third kappa shape index (κ3) is 3.88. The van der Waals surface area contributed by atoms with Crippen LogP contribution in [0.15, 0.2) is 12.1 Å². The van der Waals surface area contributed by atoms with Gasteiger partial charge in [-0.3, -0.25) is 4.90 Å². The molecule has 1 aromatic rings. The molecule has 4 nitrogen and oxygen atoms in total. The fraction of sp³-hybridized carbons (Fsp3) is 0.571. The molecule has 0 amide bonds. The average Bonchev–Trinajstić information content (AvgIpc) is 2.43. The number of rotatable bonds is 5. The van der Waals surface area contributed by atoms with Gasteiger partial charge in [-0.15, -0.1) is 0 Å². The predicted octanol–water partition coefficient (Wildman–Crippen LogP) is 1.08. The van der Waals surface area contributed by atoms with Crippen molar-refractivity contribution in [3.63, 3.8) is 0 Å². The van der Waals surface area contributed by atoms with E-state index < -0.39 is 18.2 Å². The zero-order valence-corrected chi connectivity index (χ0v) is 11.6. The van der Waals surface area contributed by atoms with Crippen molar-refractivity contribution < 1.29 is 18.6 Å². The molecule has 1 aromatic carbocycles. The van der Waals surface area contributed by atoms with E-state index in [1.54, 1.807) is 0 Å². The van der Waals surface area contributed by atoms with Crippen molar-refractivity contribution in [3.8, 4) is 5.75 Å². The van der Waals surface area contributed by atoms with Crippen molar-refractivity contribution in [1.29, 1.82) is 0 Å². The Bertz CT molecular complexity index is 426. The van der Waals surface area contributed by atoms with Gasteiger partial charge in [0.25, 0.3) is 0 Å². The van der Waals surface area contributed by atoms with Crippen LogP contribution in [0, 0.1) is 11.6 Å². The number of piperazine rings is 1. The largest absolute Gasteiger partial charge is 0.486 e. The normalized spacial score (nSPS) is 17.4. The van der Waals surface area contributed by atoms with Gasteiger partial charge in [0.15, 0.2) is 17.4 Å². The summed E-state index contributed by atoms with van der Waals surface area (Å²) >= 11 is 0. The van der Waals surface area contributed by atoms with Crippen molar-refractivity contribution in [1.82, 2.24) is 9.80 Å². The first-order chi connectivity index (χ1) is 9.60. The highest BCUT2D eigenvalue weighted by molar-refractivity contribution is 5.31. The van der Waals surface area contributed by atoms with Crippen LogP contribution in [0.5, 0.6) is 5.75 Å². The van der Waals surface area contributed by atoms with Crippen LogP contribution < -0.4 is 4.74 Å². The Morgan fingerprint density at radius 3 is 2.30 bits per heavy atom. The van der Waals surface area contributed by atoms with Crippen molar-refractivity contribution in [2.24, 2.45) is 0 Å². The summed E-state index contributed by atoms with van der Waals surface area (Å²) in [6.07, 6.45) is 0. The number of ether oxygens (including phenoxy) is 1. The molecule has 1 heterocycles. The van der Waals surface area contributed by atoms with Crippen molar-refractivity contribution in [2.45, 2.75) is 6.61 Å². The molecular formula is C14H20F2N2O2. The zero-order chi connectivity index (χ0) is 14.5. The molecule has 2 rings (SSSR count). The van der Waals surface area contributed by atoms with E-state index >= 15 is 0 Å².